The van der Waals surface area contributed by atoms with Crippen molar-refractivity contribution < 1.29 is 19.7 Å². The van der Waals surface area contributed by atoms with Crippen LogP contribution >= 0.6 is 0 Å². The zero-order valence-electron chi connectivity index (χ0n) is 7.69. The second-order valence-electron chi connectivity index (χ2n) is 2.80. The fourth-order valence-corrected chi connectivity index (χ4v) is 0.699. The summed E-state index contributed by atoms with van der Waals surface area (Å²) >= 11 is 0. The van der Waals surface area contributed by atoms with Crippen molar-refractivity contribution >= 4 is 0 Å². The monoisotopic (exact) mass is 178 g/mol. The fourth-order valence-electron chi connectivity index (χ4n) is 0.699. The van der Waals surface area contributed by atoms with E-state index in [0.29, 0.717) is 13.0 Å². The number of rotatable bonds is 7. The molecule has 4 heteroatoms. The molecule has 2 N–H and O–H groups in total. The molecule has 0 aromatic rings. The first-order valence-corrected chi connectivity index (χ1v) is 4.10. The van der Waals surface area contributed by atoms with Crippen molar-refractivity contribution in [3.63, 3.8) is 0 Å². The smallest absolute Gasteiger partial charge is 0.159 e. The maximum Gasteiger partial charge on any atom is 0.159 e. The molecule has 0 saturated heterocycles. The molecule has 0 fully saturated rings. The van der Waals surface area contributed by atoms with E-state index < -0.39 is 0 Å². The Morgan fingerprint density at radius 3 is 2.42 bits per heavy atom. The molecule has 0 rings (SSSR count). The molecule has 2 atom stereocenters. The van der Waals surface area contributed by atoms with Gasteiger partial charge in [0.1, 0.15) is 0 Å². The minimum atomic E-state index is -0.357. The van der Waals surface area contributed by atoms with Crippen LogP contribution in [-0.4, -0.2) is 43.4 Å². The summed E-state index contributed by atoms with van der Waals surface area (Å²) in [6.07, 6.45) is 0.110. The molecule has 0 heterocycles. The number of aliphatic hydroxyl groups excluding tert-OH is 2. The van der Waals surface area contributed by atoms with Gasteiger partial charge in [0.25, 0.3) is 0 Å². The van der Waals surface area contributed by atoms with E-state index in [1.165, 1.54) is 7.11 Å². The maximum atomic E-state index is 8.68. The van der Waals surface area contributed by atoms with Gasteiger partial charge < -0.3 is 19.7 Å². The zero-order valence-corrected chi connectivity index (χ0v) is 7.69. The molecule has 0 aromatic carbocycles. The van der Waals surface area contributed by atoms with Gasteiger partial charge in [-0.25, -0.2) is 0 Å². The molecule has 0 bridgehead atoms. The minimum Gasteiger partial charge on any atom is -0.396 e. The van der Waals surface area contributed by atoms with E-state index in [1.54, 1.807) is 0 Å². The van der Waals surface area contributed by atoms with Gasteiger partial charge in [-0.05, 0) is 0 Å². The van der Waals surface area contributed by atoms with Crippen LogP contribution in [-0.2, 0) is 9.47 Å². The van der Waals surface area contributed by atoms with Gasteiger partial charge in [-0.15, -0.1) is 0 Å². The molecule has 0 spiro atoms. The van der Waals surface area contributed by atoms with Crippen LogP contribution in [0.3, 0.4) is 0 Å². The van der Waals surface area contributed by atoms with Crippen LogP contribution in [0.1, 0.15) is 13.3 Å². The van der Waals surface area contributed by atoms with Gasteiger partial charge in [0.05, 0.1) is 6.61 Å². The van der Waals surface area contributed by atoms with Crippen molar-refractivity contribution in [3.8, 4) is 0 Å². The Balaban J connectivity index is 3.43. The van der Waals surface area contributed by atoms with E-state index >= 15 is 0 Å². The van der Waals surface area contributed by atoms with Crippen molar-refractivity contribution in [2.45, 2.75) is 19.6 Å². The summed E-state index contributed by atoms with van der Waals surface area (Å²) in [5.41, 5.74) is 0. The highest BCUT2D eigenvalue weighted by Crippen LogP contribution is 2.02. The van der Waals surface area contributed by atoms with Crippen LogP contribution in [0.5, 0.6) is 0 Å². The van der Waals surface area contributed by atoms with Crippen molar-refractivity contribution in [1.29, 1.82) is 0 Å². The highest BCUT2D eigenvalue weighted by Gasteiger charge is 2.08. The zero-order chi connectivity index (χ0) is 9.40. The quantitative estimate of drug-likeness (QED) is 0.538. The second-order valence-corrected chi connectivity index (χ2v) is 2.80. The number of methoxy groups -OCH3 is 1. The van der Waals surface area contributed by atoms with Crippen molar-refractivity contribution in [2.24, 2.45) is 5.92 Å². The van der Waals surface area contributed by atoms with Gasteiger partial charge in [-0.3, -0.25) is 0 Å². The number of ether oxygens (including phenoxy) is 2. The van der Waals surface area contributed by atoms with Crippen LogP contribution in [0.4, 0.5) is 0 Å². The lowest BCUT2D eigenvalue weighted by atomic mass is 10.2. The van der Waals surface area contributed by atoms with E-state index in [0.717, 1.165) is 0 Å². The third-order valence-corrected chi connectivity index (χ3v) is 1.51. The van der Waals surface area contributed by atoms with Gasteiger partial charge in [0, 0.05) is 32.7 Å². The van der Waals surface area contributed by atoms with Crippen LogP contribution in [0, 0.1) is 5.92 Å². The van der Waals surface area contributed by atoms with Crippen molar-refractivity contribution in [3.05, 3.63) is 0 Å². The Bertz CT molecular complexity index is 97.1. The number of hydrogen-bond donors (Lipinski definition) is 2. The Kier molecular flexibility index (Phi) is 7.39. The molecule has 0 aliphatic rings. The SMILES string of the molecule is COC(CCO)OCC(C)CO. The summed E-state index contributed by atoms with van der Waals surface area (Å²) in [7, 11) is 1.53. The molecule has 0 aliphatic heterocycles. The number of hydrogen-bond acceptors (Lipinski definition) is 4. The molecule has 4 nitrogen and oxygen atoms in total. The summed E-state index contributed by atoms with van der Waals surface area (Å²) in [4.78, 5) is 0. The Hall–Kier alpha value is -0.160. The summed E-state index contributed by atoms with van der Waals surface area (Å²) in [6, 6.07) is 0. The number of aliphatic hydroxyl groups is 2. The van der Waals surface area contributed by atoms with Crippen molar-refractivity contribution in [1.82, 2.24) is 0 Å². The Labute approximate surface area is 73.1 Å². The molecule has 12 heavy (non-hydrogen) atoms. The summed E-state index contributed by atoms with van der Waals surface area (Å²) in [5, 5.41) is 17.3. The third-order valence-electron chi connectivity index (χ3n) is 1.51. The van der Waals surface area contributed by atoms with Gasteiger partial charge in [-0.1, -0.05) is 6.92 Å². The first kappa shape index (κ1) is 11.8. The van der Waals surface area contributed by atoms with E-state index in [9.17, 15) is 0 Å². The van der Waals surface area contributed by atoms with E-state index in [1.807, 2.05) is 6.92 Å². The van der Waals surface area contributed by atoms with Gasteiger partial charge >= 0.3 is 0 Å². The standard InChI is InChI=1S/C8H18O4/c1-7(5-10)6-12-8(11-2)3-4-9/h7-10H,3-6H2,1-2H3. The molecule has 0 amide bonds. The largest absolute Gasteiger partial charge is 0.396 e. The predicted octanol–water partition coefficient (Wildman–Crippen LogP) is -0.0137. The Morgan fingerprint density at radius 1 is 1.33 bits per heavy atom. The highest BCUT2D eigenvalue weighted by molar-refractivity contribution is 4.49. The highest BCUT2D eigenvalue weighted by atomic mass is 16.7. The topological polar surface area (TPSA) is 58.9 Å². The van der Waals surface area contributed by atoms with Gasteiger partial charge in [0.2, 0.25) is 0 Å². The molecule has 0 saturated carbocycles. The summed E-state index contributed by atoms with van der Waals surface area (Å²) in [6.45, 7) is 2.49. The van der Waals surface area contributed by atoms with E-state index in [-0.39, 0.29) is 25.4 Å². The lowest BCUT2D eigenvalue weighted by Crippen LogP contribution is -2.21. The van der Waals surface area contributed by atoms with Gasteiger partial charge in [0.15, 0.2) is 6.29 Å². The average molecular weight is 178 g/mol. The second kappa shape index (κ2) is 7.49. The van der Waals surface area contributed by atoms with Crippen LogP contribution < -0.4 is 0 Å². The first-order chi connectivity index (χ1) is 5.74. The Morgan fingerprint density at radius 2 is 2.00 bits per heavy atom. The third kappa shape index (κ3) is 5.49. The van der Waals surface area contributed by atoms with Gasteiger partial charge in [-0.2, -0.15) is 0 Å². The van der Waals surface area contributed by atoms with Crippen molar-refractivity contribution in [2.75, 3.05) is 26.9 Å². The predicted molar refractivity (Wildman–Crippen MR) is 44.7 cm³/mol. The molecule has 0 radical (unpaired) electrons. The maximum absolute atomic E-state index is 8.68. The van der Waals surface area contributed by atoms with E-state index in [4.69, 9.17) is 19.7 Å². The lowest BCUT2D eigenvalue weighted by Gasteiger charge is -2.17. The first-order valence-electron chi connectivity index (χ1n) is 4.10. The van der Waals surface area contributed by atoms with Crippen LogP contribution in [0.15, 0.2) is 0 Å². The summed E-state index contributed by atoms with van der Waals surface area (Å²) in [5.74, 6) is 0.112. The van der Waals surface area contributed by atoms with E-state index in [2.05, 4.69) is 0 Å². The molecule has 0 aromatic heterocycles. The normalized spacial score (nSPS) is 16.0. The minimum absolute atomic E-state index is 0.0476. The molecular weight excluding hydrogens is 160 g/mol. The fraction of sp³-hybridized carbons (Fsp3) is 1.00. The molecular formula is C8H18O4. The van der Waals surface area contributed by atoms with Crippen LogP contribution in [0.2, 0.25) is 0 Å². The van der Waals surface area contributed by atoms with Crippen LogP contribution in [0.25, 0.3) is 0 Å². The molecule has 74 valence electrons. The average Bonchev–Trinajstić information content (AvgIpc) is 2.11. The summed E-state index contributed by atoms with van der Waals surface area (Å²) < 4.78 is 10.2. The molecule has 2 unspecified atom stereocenters. The lowest BCUT2D eigenvalue weighted by molar-refractivity contribution is -0.141. The molecule has 0 aliphatic carbocycles.